The van der Waals surface area contributed by atoms with Crippen LogP contribution in [0.3, 0.4) is 0 Å². The number of nitrogens with two attached hydrogens (primary N) is 1. The van der Waals surface area contributed by atoms with Gasteiger partial charge in [0.1, 0.15) is 0 Å². The van der Waals surface area contributed by atoms with Gasteiger partial charge in [0.25, 0.3) is 0 Å². The molecular formula is C14H18Cl2N2OS. The molecule has 0 spiro atoms. The van der Waals surface area contributed by atoms with Crippen LogP contribution in [0.2, 0.25) is 5.02 Å². The second-order valence-corrected chi connectivity index (χ2v) is 6.93. The first-order chi connectivity index (χ1) is 9.08. The minimum atomic E-state index is -0.636. The van der Waals surface area contributed by atoms with Crippen LogP contribution in [0.5, 0.6) is 0 Å². The fourth-order valence-corrected chi connectivity index (χ4v) is 3.89. The van der Waals surface area contributed by atoms with Crippen molar-refractivity contribution >= 4 is 41.7 Å². The molecule has 3 nitrogen and oxygen atoms in total. The molecule has 0 saturated heterocycles. The highest BCUT2D eigenvalue weighted by molar-refractivity contribution is 7.99. The van der Waals surface area contributed by atoms with E-state index in [9.17, 15) is 4.79 Å². The summed E-state index contributed by atoms with van der Waals surface area (Å²) in [7, 11) is 0. The number of hydrogen-bond acceptors (Lipinski definition) is 3. The number of nitrogens with one attached hydrogen (secondary N) is 1. The van der Waals surface area contributed by atoms with Crippen LogP contribution < -0.4 is 11.1 Å². The van der Waals surface area contributed by atoms with E-state index >= 15 is 0 Å². The highest BCUT2D eigenvalue weighted by atomic mass is 35.5. The smallest absolute Gasteiger partial charge is 0.240 e. The molecule has 0 radical (unpaired) electrons. The number of benzene rings is 1. The number of carbonyl (C=O) groups is 1. The van der Waals surface area contributed by atoms with Crippen LogP contribution in [-0.2, 0) is 4.79 Å². The van der Waals surface area contributed by atoms with Crippen molar-refractivity contribution in [1.29, 1.82) is 0 Å². The number of rotatable bonds is 2. The van der Waals surface area contributed by atoms with Gasteiger partial charge in [-0.05, 0) is 49.4 Å². The van der Waals surface area contributed by atoms with Crippen LogP contribution in [0.4, 0.5) is 0 Å². The minimum Gasteiger partial charge on any atom is -0.348 e. The molecule has 110 valence electrons. The second-order valence-electron chi connectivity index (χ2n) is 5.36. The largest absolute Gasteiger partial charge is 0.348 e. The van der Waals surface area contributed by atoms with Crippen molar-refractivity contribution in [2.75, 3.05) is 5.75 Å². The lowest BCUT2D eigenvalue weighted by Crippen LogP contribution is -2.59. The zero-order valence-corrected chi connectivity index (χ0v) is 13.4. The highest BCUT2D eigenvalue weighted by Gasteiger charge is 2.41. The quantitative estimate of drug-likeness (QED) is 0.873. The topological polar surface area (TPSA) is 55.1 Å². The molecule has 1 aromatic rings. The van der Waals surface area contributed by atoms with Crippen LogP contribution in [0.25, 0.3) is 0 Å². The standard InChI is InChI=1S/C14H17ClN2OS.ClH/c15-9-2-3-12-10(8-9)11(4-7-19-12)17-13(18)14(16)5-1-6-14;/h2-3,8,11H,1,4-7,16H2,(H,17,18);1H. The minimum absolute atomic E-state index is 0. The lowest BCUT2D eigenvalue weighted by Gasteiger charge is -2.38. The summed E-state index contributed by atoms with van der Waals surface area (Å²) in [6, 6.07) is 5.93. The molecule has 1 aliphatic heterocycles. The Labute approximate surface area is 134 Å². The predicted molar refractivity (Wildman–Crippen MR) is 85.7 cm³/mol. The lowest BCUT2D eigenvalue weighted by molar-refractivity contribution is -0.130. The third-order valence-electron chi connectivity index (χ3n) is 4.01. The molecule has 0 aromatic heterocycles. The Morgan fingerprint density at radius 2 is 2.20 bits per heavy atom. The highest BCUT2D eigenvalue weighted by Crippen LogP contribution is 2.38. The summed E-state index contributed by atoms with van der Waals surface area (Å²) >= 11 is 7.87. The molecule has 1 unspecified atom stereocenters. The molecule has 1 aliphatic carbocycles. The zero-order chi connectivity index (χ0) is 13.5. The molecule has 20 heavy (non-hydrogen) atoms. The number of hydrogen-bond donors (Lipinski definition) is 2. The Balaban J connectivity index is 0.00000147. The first-order valence-electron chi connectivity index (χ1n) is 6.61. The molecule has 3 N–H and O–H groups in total. The van der Waals surface area contributed by atoms with Crippen molar-refractivity contribution in [3.8, 4) is 0 Å². The summed E-state index contributed by atoms with van der Waals surface area (Å²) in [4.78, 5) is 13.4. The molecule has 6 heteroatoms. The van der Waals surface area contributed by atoms with Gasteiger partial charge in [-0.15, -0.1) is 24.2 Å². The first-order valence-corrected chi connectivity index (χ1v) is 7.97. The van der Waals surface area contributed by atoms with Gasteiger partial charge in [0, 0.05) is 15.7 Å². The Morgan fingerprint density at radius 3 is 2.85 bits per heavy atom. The van der Waals surface area contributed by atoms with E-state index in [-0.39, 0.29) is 24.4 Å². The summed E-state index contributed by atoms with van der Waals surface area (Å²) < 4.78 is 0. The molecule has 0 bridgehead atoms. The van der Waals surface area contributed by atoms with Gasteiger partial charge in [0.05, 0.1) is 11.6 Å². The molecule has 1 amide bonds. The fraction of sp³-hybridized carbons (Fsp3) is 0.500. The van der Waals surface area contributed by atoms with Gasteiger partial charge in [-0.25, -0.2) is 0 Å². The maximum absolute atomic E-state index is 12.2. The Kier molecular flexibility index (Phi) is 4.90. The molecule has 2 aliphatic rings. The first kappa shape index (κ1) is 16.0. The summed E-state index contributed by atoms with van der Waals surface area (Å²) in [6.45, 7) is 0. The van der Waals surface area contributed by atoms with E-state index in [1.165, 1.54) is 4.90 Å². The van der Waals surface area contributed by atoms with E-state index in [0.29, 0.717) is 5.02 Å². The monoisotopic (exact) mass is 332 g/mol. The van der Waals surface area contributed by atoms with Crippen LogP contribution >= 0.6 is 35.8 Å². The third kappa shape index (κ3) is 2.93. The molecular weight excluding hydrogens is 315 g/mol. The van der Waals surface area contributed by atoms with Crippen molar-refractivity contribution in [1.82, 2.24) is 5.32 Å². The number of carbonyl (C=O) groups excluding carboxylic acids is 1. The molecule has 1 aromatic carbocycles. The van der Waals surface area contributed by atoms with Crippen LogP contribution in [0, 0.1) is 0 Å². The summed E-state index contributed by atoms with van der Waals surface area (Å²) in [5.74, 6) is 0.999. The van der Waals surface area contributed by atoms with Crippen molar-refractivity contribution in [3.63, 3.8) is 0 Å². The van der Waals surface area contributed by atoms with Gasteiger partial charge in [-0.2, -0.15) is 0 Å². The van der Waals surface area contributed by atoms with E-state index in [1.54, 1.807) is 0 Å². The third-order valence-corrected chi connectivity index (χ3v) is 5.37. The van der Waals surface area contributed by atoms with Crippen LogP contribution in [-0.4, -0.2) is 17.2 Å². The van der Waals surface area contributed by atoms with Crippen molar-refractivity contribution < 1.29 is 4.79 Å². The van der Waals surface area contributed by atoms with E-state index in [0.717, 1.165) is 37.0 Å². The van der Waals surface area contributed by atoms with Crippen molar-refractivity contribution in [2.45, 2.75) is 42.2 Å². The van der Waals surface area contributed by atoms with E-state index in [2.05, 4.69) is 5.32 Å². The van der Waals surface area contributed by atoms with Gasteiger partial charge in [-0.3, -0.25) is 4.79 Å². The second kappa shape index (κ2) is 6.14. The molecule has 1 saturated carbocycles. The summed E-state index contributed by atoms with van der Waals surface area (Å²) in [6.07, 6.45) is 3.57. The van der Waals surface area contributed by atoms with Gasteiger partial charge in [0.2, 0.25) is 5.91 Å². The zero-order valence-electron chi connectivity index (χ0n) is 11.0. The SMILES string of the molecule is Cl.NC1(C(=O)NC2CCSc3ccc(Cl)cc32)CCC1. The Bertz CT molecular complexity index is 520. The molecule has 1 fully saturated rings. The predicted octanol–water partition coefficient (Wildman–Crippen LogP) is 3.30. The lowest BCUT2D eigenvalue weighted by atomic mass is 9.77. The normalized spacial score (nSPS) is 23.0. The Hall–Kier alpha value is -0.420. The molecule has 1 heterocycles. The fourth-order valence-electron chi connectivity index (χ4n) is 2.60. The average Bonchev–Trinajstić information content (AvgIpc) is 2.36. The van der Waals surface area contributed by atoms with E-state index in [1.807, 2.05) is 30.0 Å². The number of halogens is 2. The van der Waals surface area contributed by atoms with E-state index in [4.69, 9.17) is 17.3 Å². The van der Waals surface area contributed by atoms with Gasteiger partial charge >= 0.3 is 0 Å². The Morgan fingerprint density at radius 1 is 1.45 bits per heavy atom. The van der Waals surface area contributed by atoms with Gasteiger partial charge < -0.3 is 11.1 Å². The summed E-state index contributed by atoms with van der Waals surface area (Å²) in [5.41, 5.74) is 6.56. The average molecular weight is 333 g/mol. The van der Waals surface area contributed by atoms with Crippen molar-refractivity contribution in [2.24, 2.45) is 5.73 Å². The van der Waals surface area contributed by atoms with E-state index < -0.39 is 5.54 Å². The number of fused-ring (bicyclic) bond motifs is 1. The maximum Gasteiger partial charge on any atom is 0.240 e. The summed E-state index contributed by atoms with van der Waals surface area (Å²) in [5, 5.41) is 3.82. The number of amides is 1. The molecule has 1 atom stereocenters. The van der Waals surface area contributed by atoms with Crippen LogP contribution in [0.1, 0.15) is 37.3 Å². The van der Waals surface area contributed by atoms with Crippen LogP contribution in [0.15, 0.2) is 23.1 Å². The number of thioether (sulfide) groups is 1. The van der Waals surface area contributed by atoms with Crippen molar-refractivity contribution in [3.05, 3.63) is 28.8 Å². The molecule has 3 rings (SSSR count). The van der Waals surface area contributed by atoms with Gasteiger partial charge in [-0.1, -0.05) is 11.6 Å². The van der Waals surface area contributed by atoms with Gasteiger partial charge in [0.15, 0.2) is 0 Å². The maximum atomic E-state index is 12.2.